The number of hydrogen-bond acceptors (Lipinski definition) is 1. The summed E-state index contributed by atoms with van der Waals surface area (Å²) in [5.74, 6) is 0.931. The molecular formula is C59H36N2. The molecule has 282 valence electrons. The van der Waals surface area contributed by atoms with Gasteiger partial charge in [-0.3, -0.25) is 4.57 Å². The third-order valence-corrected chi connectivity index (χ3v) is 12.9. The smallest absolute Gasteiger partial charge is 0.145 e. The molecule has 0 aliphatic rings. The van der Waals surface area contributed by atoms with Crippen molar-refractivity contribution >= 4 is 86.4 Å². The lowest BCUT2D eigenvalue weighted by Crippen LogP contribution is -1.97. The highest BCUT2D eigenvalue weighted by Crippen LogP contribution is 2.46. The fourth-order valence-corrected chi connectivity index (χ4v) is 10.3. The maximum absolute atomic E-state index is 5.16. The van der Waals surface area contributed by atoms with Crippen LogP contribution in [0.5, 0.6) is 0 Å². The van der Waals surface area contributed by atoms with Crippen molar-refractivity contribution in [2.45, 2.75) is 0 Å². The van der Waals surface area contributed by atoms with E-state index in [9.17, 15) is 0 Å². The molecule has 0 saturated heterocycles. The number of fused-ring (bicyclic) bond motifs is 8. The second kappa shape index (κ2) is 13.2. The summed E-state index contributed by atoms with van der Waals surface area (Å²) >= 11 is 0. The molecule has 0 unspecified atom stereocenters. The van der Waals surface area contributed by atoms with Gasteiger partial charge in [0.05, 0.1) is 11.0 Å². The molecule has 0 aliphatic heterocycles. The summed E-state index contributed by atoms with van der Waals surface area (Å²) in [4.78, 5) is 5.16. The normalized spacial score (nSPS) is 11.9. The lowest BCUT2D eigenvalue weighted by atomic mass is 9.84. The molecule has 0 bridgehead atoms. The predicted molar refractivity (Wildman–Crippen MR) is 260 cm³/mol. The molecule has 0 atom stereocenters. The molecule has 1 heterocycles. The first kappa shape index (κ1) is 33.9. The summed E-state index contributed by atoms with van der Waals surface area (Å²) in [7, 11) is 0. The van der Waals surface area contributed by atoms with Crippen LogP contribution in [0.15, 0.2) is 218 Å². The van der Waals surface area contributed by atoms with Crippen LogP contribution in [-0.4, -0.2) is 9.55 Å². The predicted octanol–water partition coefficient (Wildman–Crippen LogP) is 16.1. The second-order valence-electron chi connectivity index (χ2n) is 16.2. The van der Waals surface area contributed by atoms with Crippen molar-refractivity contribution in [2.24, 2.45) is 0 Å². The molecule has 13 aromatic rings. The average molecular weight is 773 g/mol. The van der Waals surface area contributed by atoms with Gasteiger partial charge in [0, 0.05) is 11.3 Å². The number of rotatable bonds is 4. The highest BCUT2D eigenvalue weighted by molar-refractivity contribution is 6.33. The Morgan fingerprint density at radius 2 is 0.754 bits per heavy atom. The van der Waals surface area contributed by atoms with E-state index in [4.69, 9.17) is 4.98 Å². The third-order valence-electron chi connectivity index (χ3n) is 12.9. The van der Waals surface area contributed by atoms with Crippen molar-refractivity contribution in [2.75, 3.05) is 0 Å². The fourth-order valence-electron chi connectivity index (χ4n) is 10.3. The van der Waals surface area contributed by atoms with Gasteiger partial charge in [-0.2, -0.15) is 0 Å². The molecule has 2 nitrogen and oxygen atoms in total. The van der Waals surface area contributed by atoms with Gasteiger partial charge >= 0.3 is 0 Å². The molecule has 0 radical (unpaired) electrons. The quantitative estimate of drug-likeness (QED) is 0.129. The maximum Gasteiger partial charge on any atom is 0.145 e. The molecule has 1 aromatic heterocycles. The number of para-hydroxylation sites is 3. The number of benzene rings is 11. The van der Waals surface area contributed by atoms with Crippen LogP contribution in [0, 0.1) is 0 Å². The zero-order chi connectivity index (χ0) is 40.0. The summed E-state index contributed by atoms with van der Waals surface area (Å²) in [6.07, 6.45) is 0. The minimum atomic E-state index is 0.931. The van der Waals surface area contributed by atoms with Gasteiger partial charge < -0.3 is 0 Å². The van der Waals surface area contributed by atoms with Gasteiger partial charge in [-0.25, -0.2) is 4.98 Å². The van der Waals surface area contributed by atoms with E-state index in [1.807, 2.05) is 0 Å². The van der Waals surface area contributed by atoms with Crippen molar-refractivity contribution in [1.29, 1.82) is 0 Å². The molecule has 12 aromatic carbocycles. The van der Waals surface area contributed by atoms with Crippen LogP contribution in [0.2, 0.25) is 0 Å². The number of imidazole rings is 1. The van der Waals surface area contributed by atoms with Crippen LogP contribution in [0.25, 0.3) is 126 Å². The Morgan fingerprint density at radius 1 is 0.295 bits per heavy atom. The largest absolute Gasteiger partial charge is 0.292 e. The minimum Gasteiger partial charge on any atom is -0.292 e. The summed E-state index contributed by atoms with van der Waals surface area (Å²) in [5.41, 5.74) is 9.13. The Labute approximate surface area is 352 Å². The Bertz CT molecular complexity index is 3860. The molecule has 0 N–H and O–H groups in total. The number of aromatic nitrogens is 2. The highest BCUT2D eigenvalue weighted by atomic mass is 15.1. The zero-order valence-corrected chi connectivity index (χ0v) is 33.2. The van der Waals surface area contributed by atoms with Gasteiger partial charge in [0.2, 0.25) is 0 Å². The molecule has 0 saturated carbocycles. The summed E-state index contributed by atoms with van der Waals surface area (Å²) < 4.78 is 2.27. The van der Waals surface area contributed by atoms with Crippen molar-refractivity contribution < 1.29 is 0 Å². The lowest BCUT2D eigenvalue weighted by molar-refractivity contribution is 1.10. The SMILES string of the molecule is c1ccc(-n2c(-c3ccc(-c4c5ccccc5c(-c5ccc6c(c5)c5ccccc5c5cccc7ccc8cccc6c8c75)c5ccccc45)cc3)nc3ccccc32)cc1. The van der Waals surface area contributed by atoms with Crippen LogP contribution in [0.4, 0.5) is 0 Å². The van der Waals surface area contributed by atoms with E-state index >= 15 is 0 Å². The van der Waals surface area contributed by atoms with Gasteiger partial charge in [-0.05, 0) is 128 Å². The molecule has 0 fully saturated rings. The lowest BCUT2D eigenvalue weighted by Gasteiger charge is -2.19. The van der Waals surface area contributed by atoms with Crippen LogP contribution >= 0.6 is 0 Å². The van der Waals surface area contributed by atoms with Gasteiger partial charge in [0.1, 0.15) is 5.82 Å². The van der Waals surface area contributed by atoms with Gasteiger partial charge in [0.15, 0.2) is 0 Å². The Kier molecular flexibility index (Phi) is 7.34. The summed E-state index contributed by atoms with van der Waals surface area (Å²) in [5, 5.41) is 17.7. The van der Waals surface area contributed by atoms with Crippen LogP contribution in [0.3, 0.4) is 0 Å². The molecule has 0 spiro atoms. The van der Waals surface area contributed by atoms with Crippen LogP contribution in [0.1, 0.15) is 0 Å². The van der Waals surface area contributed by atoms with E-state index in [1.54, 1.807) is 0 Å². The fraction of sp³-hybridized carbons (Fsp3) is 0. The van der Waals surface area contributed by atoms with Gasteiger partial charge in [-0.1, -0.05) is 188 Å². The molecule has 2 heteroatoms. The monoisotopic (exact) mass is 772 g/mol. The van der Waals surface area contributed by atoms with Crippen LogP contribution < -0.4 is 0 Å². The highest BCUT2D eigenvalue weighted by Gasteiger charge is 2.20. The van der Waals surface area contributed by atoms with E-state index in [-0.39, 0.29) is 0 Å². The molecule has 61 heavy (non-hydrogen) atoms. The van der Waals surface area contributed by atoms with E-state index in [0.717, 1.165) is 28.1 Å². The first-order valence-electron chi connectivity index (χ1n) is 21.0. The van der Waals surface area contributed by atoms with Crippen LogP contribution in [-0.2, 0) is 0 Å². The maximum atomic E-state index is 5.16. The molecule has 0 amide bonds. The van der Waals surface area contributed by atoms with E-state index < -0.39 is 0 Å². The van der Waals surface area contributed by atoms with Gasteiger partial charge in [-0.15, -0.1) is 0 Å². The van der Waals surface area contributed by atoms with E-state index in [0.29, 0.717) is 0 Å². The zero-order valence-electron chi connectivity index (χ0n) is 33.2. The average Bonchev–Trinajstić information content (AvgIpc) is 3.72. The Balaban J connectivity index is 1.05. The van der Waals surface area contributed by atoms with E-state index in [2.05, 4.69) is 223 Å². The number of nitrogens with zero attached hydrogens (tertiary/aromatic N) is 2. The Hall–Kier alpha value is -8.07. The van der Waals surface area contributed by atoms with E-state index in [1.165, 1.54) is 97.7 Å². The number of hydrogen-bond donors (Lipinski definition) is 0. The Morgan fingerprint density at radius 3 is 1.38 bits per heavy atom. The topological polar surface area (TPSA) is 17.8 Å². The van der Waals surface area contributed by atoms with Crippen molar-refractivity contribution in [1.82, 2.24) is 9.55 Å². The summed E-state index contributed by atoms with van der Waals surface area (Å²) in [6.45, 7) is 0. The molecule has 13 rings (SSSR count). The summed E-state index contributed by atoms with van der Waals surface area (Å²) in [6, 6.07) is 80.1. The second-order valence-corrected chi connectivity index (χ2v) is 16.2. The van der Waals surface area contributed by atoms with Crippen molar-refractivity contribution in [3.63, 3.8) is 0 Å². The first-order valence-corrected chi connectivity index (χ1v) is 21.0. The molecule has 0 aliphatic carbocycles. The standard InChI is InChI=1S/C59H36N2/c1-2-16-42(17-3-1)61-54-27-11-10-26-53(54)60-59(61)40-32-30-39(31-33-40)55-48-20-6-8-22-50(48)56(51-23-9-7-21-49(51)55)41-34-35-45-47-25-13-15-38-29-28-37-14-12-24-46(57(37)58(38)47)43-18-4-5-19-44(43)52(45)36-41/h1-36H. The molecular weight excluding hydrogens is 737 g/mol. The van der Waals surface area contributed by atoms with Crippen molar-refractivity contribution in [3.05, 3.63) is 218 Å². The minimum absolute atomic E-state index is 0.931. The first-order chi connectivity index (χ1) is 30.3. The van der Waals surface area contributed by atoms with Crippen molar-refractivity contribution in [3.8, 4) is 39.3 Å². The third kappa shape index (κ3) is 5.06. The van der Waals surface area contributed by atoms with Gasteiger partial charge in [0.25, 0.3) is 0 Å².